The molecule has 0 aliphatic carbocycles. The minimum absolute atomic E-state index is 0.449. The highest BCUT2D eigenvalue weighted by molar-refractivity contribution is 5.38. The number of nitrogens with zero attached hydrogens (tertiary/aromatic N) is 4. The number of hydrogen-bond donors (Lipinski definition) is 2. The molecule has 0 aliphatic rings. The molecule has 0 fully saturated rings. The van der Waals surface area contributed by atoms with E-state index in [0.717, 1.165) is 6.54 Å². The Bertz CT molecular complexity index is 502. The lowest BCUT2D eigenvalue weighted by atomic mass is 10.4. The Kier molecular flexibility index (Phi) is 3.73. The number of nitrogens with one attached hydrogen (secondary N) is 1. The maximum absolute atomic E-state index is 5.62. The first-order valence-electron chi connectivity index (χ1n) is 5.80. The Morgan fingerprint density at radius 1 is 1.39 bits per heavy atom. The maximum atomic E-state index is 5.62. The molecule has 7 heteroatoms. The van der Waals surface area contributed by atoms with Gasteiger partial charge < -0.3 is 10.2 Å². The molecule has 2 heterocycles. The van der Waals surface area contributed by atoms with Gasteiger partial charge in [-0.15, -0.1) is 0 Å². The lowest BCUT2D eigenvalue weighted by molar-refractivity contribution is 0.458. The highest BCUT2D eigenvalue weighted by atomic mass is 16.5. The zero-order valence-electron chi connectivity index (χ0n) is 10.4. The fourth-order valence-corrected chi connectivity index (χ4v) is 1.45. The minimum Gasteiger partial charge on any atom is -0.436 e. The van der Waals surface area contributed by atoms with E-state index in [1.807, 2.05) is 20.0 Å². The fraction of sp³-hybridized carbons (Fsp3) is 0.364. The molecule has 3 N–H and O–H groups in total. The van der Waals surface area contributed by atoms with E-state index in [1.165, 1.54) is 0 Å². The number of hydrazine groups is 1. The summed E-state index contributed by atoms with van der Waals surface area (Å²) >= 11 is 0. The number of rotatable bonds is 5. The van der Waals surface area contributed by atoms with Crippen LogP contribution in [-0.2, 0) is 13.0 Å². The van der Waals surface area contributed by atoms with Gasteiger partial charge in [-0.05, 0) is 6.92 Å². The predicted molar refractivity (Wildman–Crippen MR) is 67.2 cm³/mol. The van der Waals surface area contributed by atoms with Gasteiger partial charge in [-0.25, -0.2) is 10.8 Å². The first kappa shape index (κ1) is 12.3. The van der Waals surface area contributed by atoms with Crippen LogP contribution >= 0.6 is 0 Å². The molecule has 0 saturated heterocycles. The van der Waals surface area contributed by atoms with Gasteiger partial charge >= 0.3 is 0 Å². The zero-order valence-corrected chi connectivity index (χ0v) is 10.4. The SMILES string of the molecule is CCc1nc(NN)cc(Oc2cnn(CC)c2)n1. The summed E-state index contributed by atoms with van der Waals surface area (Å²) in [5, 5.41) is 4.12. The largest absolute Gasteiger partial charge is 0.436 e. The molecule has 0 unspecified atom stereocenters. The summed E-state index contributed by atoms with van der Waals surface area (Å²) in [7, 11) is 0. The zero-order chi connectivity index (χ0) is 13.0. The summed E-state index contributed by atoms with van der Waals surface area (Å²) in [5.41, 5.74) is 2.49. The van der Waals surface area contributed by atoms with Crippen LogP contribution in [0, 0.1) is 0 Å². The van der Waals surface area contributed by atoms with Crippen molar-refractivity contribution in [3.63, 3.8) is 0 Å². The van der Waals surface area contributed by atoms with Crippen molar-refractivity contribution in [2.45, 2.75) is 26.8 Å². The molecule has 0 radical (unpaired) electrons. The molecule has 2 rings (SSSR count). The first-order valence-corrected chi connectivity index (χ1v) is 5.80. The summed E-state index contributed by atoms with van der Waals surface area (Å²) in [6, 6.07) is 1.64. The summed E-state index contributed by atoms with van der Waals surface area (Å²) in [5.74, 6) is 7.64. The van der Waals surface area contributed by atoms with Crippen molar-refractivity contribution in [2.75, 3.05) is 5.43 Å². The highest BCUT2D eigenvalue weighted by Crippen LogP contribution is 2.20. The molecule has 0 aliphatic heterocycles. The molecule has 0 amide bonds. The van der Waals surface area contributed by atoms with E-state index in [9.17, 15) is 0 Å². The van der Waals surface area contributed by atoms with Crippen molar-refractivity contribution in [3.8, 4) is 11.6 Å². The molecule has 7 nitrogen and oxygen atoms in total. The summed E-state index contributed by atoms with van der Waals surface area (Å²) in [4.78, 5) is 8.45. The van der Waals surface area contributed by atoms with Crippen LogP contribution in [0.15, 0.2) is 18.5 Å². The van der Waals surface area contributed by atoms with Crippen molar-refractivity contribution in [1.82, 2.24) is 19.7 Å². The van der Waals surface area contributed by atoms with Crippen molar-refractivity contribution in [3.05, 3.63) is 24.3 Å². The normalized spacial score (nSPS) is 10.4. The fourth-order valence-electron chi connectivity index (χ4n) is 1.45. The van der Waals surface area contributed by atoms with E-state index in [4.69, 9.17) is 10.6 Å². The number of hydrogen-bond acceptors (Lipinski definition) is 6. The van der Waals surface area contributed by atoms with Crippen LogP contribution in [0.1, 0.15) is 19.7 Å². The van der Waals surface area contributed by atoms with Gasteiger partial charge in [0.2, 0.25) is 5.88 Å². The monoisotopic (exact) mass is 248 g/mol. The van der Waals surface area contributed by atoms with Gasteiger partial charge in [0.25, 0.3) is 0 Å². The van der Waals surface area contributed by atoms with Gasteiger partial charge in [0.1, 0.15) is 11.6 Å². The van der Waals surface area contributed by atoms with Crippen LogP contribution in [0.5, 0.6) is 11.6 Å². The van der Waals surface area contributed by atoms with Gasteiger partial charge in [0.15, 0.2) is 5.75 Å². The lowest BCUT2D eigenvalue weighted by Crippen LogP contribution is -2.10. The predicted octanol–water partition coefficient (Wildman–Crippen LogP) is 1.33. The van der Waals surface area contributed by atoms with Crippen molar-refractivity contribution >= 4 is 5.82 Å². The lowest BCUT2D eigenvalue weighted by Gasteiger charge is -2.06. The van der Waals surface area contributed by atoms with E-state index >= 15 is 0 Å². The quantitative estimate of drug-likeness (QED) is 0.612. The molecule has 0 atom stereocenters. The molecule has 0 bridgehead atoms. The minimum atomic E-state index is 0.449. The van der Waals surface area contributed by atoms with Crippen LogP contribution in [0.4, 0.5) is 5.82 Å². The summed E-state index contributed by atoms with van der Waals surface area (Å²) < 4.78 is 7.39. The molecule has 18 heavy (non-hydrogen) atoms. The Hall–Kier alpha value is -2.15. The number of aromatic nitrogens is 4. The highest BCUT2D eigenvalue weighted by Gasteiger charge is 2.06. The summed E-state index contributed by atoms with van der Waals surface area (Å²) in [6.45, 7) is 4.77. The average Bonchev–Trinajstić information content (AvgIpc) is 2.85. The average molecular weight is 248 g/mol. The van der Waals surface area contributed by atoms with Crippen molar-refractivity contribution in [1.29, 1.82) is 0 Å². The second kappa shape index (κ2) is 5.46. The number of nitrogens with two attached hydrogens (primary N) is 1. The Morgan fingerprint density at radius 3 is 2.83 bits per heavy atom. The molecule has 0 saturated carbocycles. The summed E-state index contributed by atoms with van der Waals surface area (Å²) in [6.07, 6.45) is 4.16. The van der Waals surface area contributed by atoms with Crippen LogP contribution < -0.4 is 16.0 Å². The molecule has 0 aromatic carbocycles. The Balaban J connectivity index is 2.22. The second-order valence-electron chi connectivity index (χ2n) is 3.64. The van der Waals surface area contributed by atoms with Crippen LogP contribution in [0.3, 0.4) is 0 Å². The van der Waals surface area contributed by atoms with Gasteiger partial charge in [-0.1, -0.05) is 6.92 Å². The topological polar surface area (TPSA) is 90.9 Å². The maximum Gasteiger partial charge on any atom is 0.224 e. The number of aryl methyl sites for hydroxylation is 2. The Morgan fingerprint density at radius 2 is 2.22 bits per heavy atom. The van der Waals surface area contributed by atoms with Gasteiger partial charge in [-0.2, -0.15) is 10.1 Å². The van der Waals surface area contributed by atoms with E-state index in [-0.39, 0.29) is 0 Å². The molecule has 96 valence electrons. The molecule has 0 spiro atoms. The number of ether oxygens (including phenoxy) is 1. The molecule has 2 aromatic rings. The van der Waals surface area contributed by atoms with E-state index < -0.39 is 0 Å². The van der Waals surface area contributed by atoms with Crippen LogP contribution in [-0.4, -0.2) is 19.7 Å². The van der Waals surface area contributed by atoms with Crippen LogP contribution in [0.2, 0.25) is 0 Å². The Labute approximate surface area is 105 Å². The first-order chi connectivity index (χ1) is 8.75. The van der Waals surface area contributed by atoms with Gasteiger partial charge in [0, 0.05) is 19.0 Å². The van der Waals surface area contributed by atoms with Crippen LogP contribution in [0.25, 0.3) is 0 Å². The molecular weight excluding hydrogens is 232 g/mol. The standard InChI is InChI=1S/C11H16N6O/c1-3-9-14-10(16-12)5-11(15-9)18-8-6-13-17(4-2)7-8/h5-7H,3-4,12H2,1-2H3,(H,14,15,16). The molecule has 2 aromatic heterocycles. The van der Waals surface area contributed by atoms with Crippen molar-refractivity contribution in [2.24, 2.45) is 5.84 Å². The van der Waals surface area contributed by atoms with Crippen molar-refractivity contribution < 1.29 is 4.74 Å². The number of nitrogen functional groups attached to an aromatic ring is 1. The van der Waals surface area contributed by atoms with E-state index in [1.54, 1.807) is 16.9 Å². The third-order valence-corrected chi connectivity index (χ3v) is 2.37. The van der Waals surface area contributed by atoms with E-state index in [0.29, 0.717) is 29.7 Å². The molecular formula is C11H16N6O. The van der Waals surface area contributed by atoms with E-state index in [2.05, 4.69) is 20.5 Å². The van der Waals surface area contributed by atoms with Gasteiger partial charge in [-0.3, -0.25) is 4.68 Å². The smallest absolute Gasteiger partial charge is 0.224 e. The third-order valence-electron chi connectivity index (χ3n) is 2.37. The second-order valence-corrected chi connectivity index (χ2v) is 3.64. The number of anilines is 1. The van der Waals surface area contributed by atoms with Gasteiger partial charge in [0.05, 0.1) is 12.4 Å². The third kappa shape index (κ3) is 2.75.